The Bertz CT molecular complexity index is 238. The lowest BCUT2D eigenvalue weighted by Crippen LogP contribution is -1.87. The first-order valence-corrected chi connectivity index (χ1v) is 3.35. The van der Waals surface area contributed by atoms with Crippen LogP contribution in [0.3, 0.4) is 0 Å². The molecule has 0 amide bonds. The highest BCUT2D eigenvalue weighted by molar-refractivity contribution is 5.65. The van der Waals surface area contributed by atoms with E-state index in [1.807, 2.05) is 0 Å². The first-order valence-electron chi connectivity index (χ1n) is 3.35. The maximum atomic E-state index is 9.72. The van der Waals surface area contributed by atoms with Crippen LogP contribution in [0.15, 0.2) is 5.28 Å². The Labute approximate surface area is 84.8 Å². The number of carbonyl (C=O) groups is 3. The van der Waals surface area contributed by atoms with Gasteiger partial charge in [-0.2, -0.15) is 0 Å². The number of carbonyl (C=O) groups excluding carboxylic acids is 1. The Kier molecular flexibility index (Phi) is 17.6. The minimum atomic E-state index is -0.833. The molecule has 0 aromatic rings. The summed E-state index contributed by atoms with van der Waals surface area (Å²) in [5, 5.41) is 17.3. The van der Waals surface area contributed by atoms with E-state index in [2.05, 4.69) is 15.0 Å². The predicted molar refractivity (Wildman–Crippen MR) is 47.5 cm³/mol. The van der Waals surface area contributed by atoms with Gasteiger partial charge in [0.25, 0.3) is 11.9 Å². The zero-order valence-corrected chi connectivity index (χ0v) is 8.37. The monoisotopic (exact) mass is 221 g/mol. The zero-order valence-electron chi connectivity index (χ0n) is 8.37. The Morgan fingerprint density at radius 1 is 1.13 bits per heavy atom. The molecule has 0 aromatic carbocycles. The van der Waals surface area contributed by atoms with Crippen molar-refractivity contribution < 1.29 is 29.4 Å². The number of rotatable bonds is 1. The number of carboxylic acids is 2. The van der Waals surface area contributed by atoms with Crippen LogP contribution in [0, 0.1) is 0 Å². The van der Waals surface area contributed by atoms with Gasteiger partial charge in [-0.05, 0) is 5.53 Å². The number of carboxylic acid groups (broad SMARTS) is 2. The summed E-state index contributed by atoms with van der Waals surface area (Å²) in [6.07, 6.45) is 0. The summed E-state index contributed by atoms with van der Waals surface area (Å²) >= 11 is 0. The molecule has 0 aliphatic rings. The zero-order chi connectivity index (χ0) is 12.9. The molecule has 0 heterocycles. The molecule has 0 radical (unpaired) electrons. The third kappa shape index (κ3) is 374. The predicted octanol–water partition coefficient (Wildman–Crippen LogP) is 0.957. The number of aliphatic carboxylic acids is 2. The van der Waals surface area contributed by atoms with E-state index in [0.29, 0.717) is 0 Å². The van der Waals surface area contributed by atoms with Crippen molar-refractivity contribution in [3.05, 3.63) is 10.4 Å². The molecule has 0 aromatic heterocycles. The molecule has 0 aliphatic heterocycles. The van der Waals surface area contributed by atoms with E-state index >= 15 is 0 Å². The Morgan fingerprint density at radius 3 is 1.47 bits per heavy atom. The van der Waals surface area contributed by atoms with E-state index in [1.165, 1.54) is 0 Å². The highest BCUT2D eigenvalue weighted by Crippen LogP contribution is 1.74. The van der Waals surface area contributed by atoms with Gasteiger partial charge in [0, 0.05) is 25.7 Å². The third-order valence-corrected chi connectivity index (χ3v) is 0.206. The van der Waals surface area contributed by atoms with Crippen LogP contribution in [0.25, 0.3) is 10.4 Å². The highest BCUT2D eigenvalue weighted by atomic mass is 16.7. The van der Waals surface area contributed by atoms with Crippen molar-refractivity contribution in [1.82, 2.24) is 0 Å². The van der Waals surface area contributed by atoms with Crippen LogP contribution >= 0.6 is 0 Å². The summed E-state index contributed by atoms with van der Waals surface area (Å²) in [5.74, 6) is -2.28. The fraction of sp³-hybridized carbons (Fsp3) is 0.500. The average molecular weight is 221 g/mol. The van der Waals surface area contributed by atoms with Crippen molar-refractivity contribution >= 4 is 17.9 Å². The first kappa shape index (κ1) is 18.5. The molecule has 0 bridgehead atoms. The van der Waals surface area contributed by atoms with Crippen molar-refractivity contribution in [3.63, 3.8) is 0 Å². The van der Waals surface area contributed by atoms with Crippen LogP contribution in [0.2, 0.25) is 0 Å². The van der Waals surface area contributed by atoms with E-state index in [1.54, 1.807) is 0 Å². The third-order valence-electron chi connectivity index (χ3n) is 0.206. The molecular weight excluding hydrogens is 210 g/mol. The number of azide groups is 1. The molecule has 0 aliphatic carbocycles. The lowest BCUT2D eigenvalue weighted by atomic mass is 10.8. The Balaban J connectivity index is -0.000000155. The van der Waals surface area contributed by atoms with Gasteiger partial charge < -0.3 is 15.1 Å². The smallest absolute Gasteiger partial charge is 0.314 e. The summed E-state index contributed by atoms with van der Waals surface area (Å²) < 4.78 is 0. The maximum Gasteiger partial charge on any atom is 0.314 e. The first-order chi connectivity index (χ1) is 6.73. The summed E-state index contributed by atoms with van der Waals surface area (Å²) in [4.78, 5) is 33.6. The Hall–Kier alpha value is -2.28. The van der Waals surface area contributed by atoms with E-state index in [9.17, 15) is 4.79 Å². The topological polar surface area (TPSA) is 150 Å². The van der Waals surface area contributed by atoms with Crippen LogP contribution in [-0.2, 0) is 19.2 Å². The van der Waals surface area contributed by atoms with Gasteiger partial charge in [0.05, 0.1) is 0 Å². The Morgan fingerprint density at radius 2 is 1.40 bits per heavy atom. The fourth-order valence-corrected chi connectivity index (χ4v) is 0.0757. The second-order valence-corrected chi connectivity index (χ2v) is 1.79. The van der Waals surface area contributed by atoms with E-state index in [-0.39, 0.29) is 0 Å². The molecule has 0 atom stereocenters. The second-order valence-electron chi connectivity index (χ2n) is 1.79. The molecule has 0 fully saturated rings. The van der Waals surface area contributed by atoms with Gasteiger partial charge in [0.15, 0.2) is 0 Å². The minimum absolute atomic E-state index is 0.613. The molecule has 9 nitrogen and oxygen atoms in total. The van der Waals surface area contributed by atoms with Gasteiger partial charge in [0.1, 0.15) is 5.28 Å². The van der Waals surface area contributed by atoms with Gasteiger partial charge in [-0.25, -0.2) is 0 Å². The van der Waals surface area contributed by atoms with Gasteiger partial charge in [-0.15, -0.1) is 0 Å². The average Bonchev–Trinajstić information content (AvgIpc) is 1.98. The van der Waals surface area contributed by atoms with Crippen molar-refractivity contribution in [2.24, 2.45) is 5.28 Å². The van der Waals surface area contributed by atoms with Crippen LogP contribution in [-0.4, -0.2) is 28.1 Å². The number of hydrogen-bond acceptors (Lipinski definition) is 5. The van der Waals surface area contributed by atoms with Gasteiger partial charge in [-0.3, -0.25) is 14.4 Å². The van der Waals surface area contributed by atoms with Crippen molar-refractivity contribution in [2.75, 3.05) is 0 Å². The molecule has 0 unspecified atom stereocenters. The van der Waals surface area contributed by atoms with Crippen LogP contribution in [0.5, 0.6) is 0 Å². The van der Waals surface area contributed by atoms with Crippen LogP contribution < -0.4 is 0 Å². The van der Waals surface area contributed by atoms with E-state index in [4.69, 9.17) is 25.3 Å². The van der Waals surface area contributed by atoms with Gasteiger partial charge in [0.2, 0.25) is 0 Å². The second kappa shape index (κ2) is 14.3. The number of nitrogens with zero attached hydrogens (tertiary/aromatic N) is 3. The summed E-state index contributed by atoms with van der Waals surface area (Å²) in [5.41, 5.74) is 7.50. The molecule has 0 rings (SSSR count). The standard InChI is InChI=1S/C2H3N3O2.2C2H4O2/c1-2(6)7-5-4-3;2*1-2(3)4/h1H3;2*1H3,(H,3,4). The molecule has 0 spiro atoms. The van der Waals surface area contributed by atoms with Gasteiger partial charge >= 0.3 is 5.97 Å². The largest absolute Gasteiger partial charge is 0.481 e. The van der Waals surface area contributed by atoms with Crippen LogP contribution in [0.4, 0.5) is 0 Å². The van der Waals surface area contributed by atoms with Gasteiger partial charge in [-0.1, -0.05) is 0 Å². The molecular formula is C6H11N3O6. The van der Waals surface area contributed by atoms with Crippen molar-refractivity contribution in [2.45, 2.75) is 20.8 Å². The lowest BCUT2D eigenvalue weighted by Gasteiger charge is -1.79. The maximum absolute atomic E-state index is 9.72. The fourth-order valence-electron chi connectivity index (χ4n) is 0.0757. The number of hydrogen-bond donors (Lipinski definition) is 2. The summed E-state index contributed by atoms with van der Waals surface area (Å²) in [6.45, 7) is 3.31. The SMILES string of the molecule is CC(=O)O.CC(=O)O.CC(=O)ON=[N+]=[N-]. The quantitative estimate of drug-likeness (QED) is 0.291. The van der Waals surface area contributed by atoms with Crippen molar-refractivity contribution in [1.29, 1.82) is 0 Å². The van der Waals surface area contributed by atoms with Crippen LogP contribution in [0.1, 0.15) is 20.8 Å². The summed E-state index contributed by atoms with van der Waals surface area (Å²) in [6, 6.07) is 0. The van der Waals surface area contributed by atoms with E-state index < -0.39 is 17.9 Å². The highest BCUT2D eigenvalue weighted by Gasteiger charge is 1.82. The minimum Gasteiger partial charge on any atom is -0.481 e. The van der Waals surface area contributed by atoms with Crippen molar-refractivity contribution in [3.8, 4) is 0 Å². The molecule has 86 valence electrons. The molecule has 0 saturated heterocycles. The molecule has 2 N–H and O–H groups in total. The molecule has 0 saturated carbocycles. The lowest BCUT2D eigenvalue weighted by molar-refractivity contribution is -0.141. The molecule has 9 heteroatoms. The normalized spacial score (nSPS) is 6.33. The molecule has 15 heavy (non-hydrogen) atoms. The van der Waals surface area contributed by atoms with E-state index in [0.717, 1.165) is 20.8 Å². The summed E-state index contributed by atoms with van der Waals surface area (Å²) in [7, 11) is 0.